The number of nitrogens with one attached hydrogen (secondary N) is 1. The van der Waals surface area contributed by atoms with Crippen molar-refractivity contribution in [1.29, 1.82) is 0 Å². The monoisotopic (exact) mass is 357 g/mol. The molecule has 1 amide bonds. The quantitative estimate of drug-likeness (QED) is 0.761. The van der Waals surface area contributed by atoms with Crippen LogP contribution in [-0.4, -0.2) is 22.6 Å². The zero-order valence-electron chi connectivity index (χ0n) is 14.3. The first-order valence-electron chi connectivity index (χ1n) is 7.88. The summed E-state index contributed by atoms with van der Waals surface area (Å²) in [5.74, 6) is 0.570. The van der Waals surface area contributed by atoms with E-state index in [1.807, 2.05) is 13.8 Å². The van der Waals surface area contributed by atoms with Gasteiger partial charge in [0, 0.05) is 23.5 Å². The lowest BCUT2D eigenvalue weighted by Crippen LogP contribution is -2.23. The van der Waals surface area contributed by atoms with Crippen LogP contribution < -0.4 is 15.6 Å². The van der Waals surface area contributed by atoms with Crippen molar-refractivity contribution >= 4 is 33.1 Å². The molecule has 1 aromatic carbocycles. The molecule has 25 heavy (non-hydrogen) atoms. The number of rotatable bonds is 5. The second kappa shape index (κ2) is 7.06. The van der Waals surface area contributed by atoms with Gasteiger partial charge in [-0.15, -0.1) is 11.3 Å². The van der Waals surface area contributed by atoms with Gasteiger partial charge in [0.15, 0.2) is 0 Å². The molecular formula is C18H19N3O3S. The molecule has 0 saturated carbocycles. The predicted octanol–water partition coefficient (Wildman–Crippen LogP) is 3.11. The number of anilines is 1. The number of aromatic nitrogens is 2. The van der Waals surface area contributed by atoms with Crippen LogP contribution in [0.15, 0.2) is 35.4 Å². The van der Waals surface area contributed by atoms with Gasteiger partial charge in [0.1, 0.15) is 10.6 Å². The number of methoxy groups -OCH3 is 1. The molecule has 0 aliphatic carbocycles. The van der Waals surface area contributed by atoms with Crippen molar-refractivity contribution in [2.24, 2.45) is 0 Å². The highest BCUT2D eigenvalue weighted by molar-refractivity contribution is 7.18. The number of hydrogen-bond donors (Lipinski definition) is 1. The number of carbonyl (C=O) groups is 1. The van der Waals surface area contributed by atoms with Crippen LogP contribution in [0, 0.1) is 13.8 Å². The summed E-state index contributed by atoms with van der Waals surface area (Å²) in [5, 5.41) is 3.46. The van der Waals surface area contributed by atoms with E-state index in [-0.39, 0.29) is 24.4 Å². The fourth-order valence-electron chi connectivity index (χ4n) is 2.55. The van der Waals surface area contributed by atoms with Crippen LogP contribution in [0.4, 0.5) is 5.69 Å². The number of aryl methyl sites for hydroxylation is 3. The van der Waals surface area contributed by atoms with Crippen LogP contribution in [0.1, 0.15) is 16.9 Å². The first-order valence-corrected chi connectivity index (χ1v) is 8.70. The Kier molecular flexibility index (Phi) is 4.85. The summed E-state index contributed by atoms with van der Waals surface area (Å²) in [6.07, 6.45) is 1.71. The molecule has 2 aromatic heterocycles. The molecule has 3 aromatic rings. The van der Waals surface area contributed by atoms with Gasteiger partial charge in [-0.25, -0.2) is 4.98 Å². The molecule has 1 N–H and O–H groups in total. The maximum absolute atomic E-state index is 12.6. The molecule has 0 saturated heterocycles. The third kappa shape index (κ3) is 3.56. The molecule has 3 rings (SSSR count). The minimum absolute atomic E-state index is 0.0934. The smallest absolute Gasteiger partial charge is 0.262 e. The number of thiophene rings is 1. The zero-order valence-corrected chi connectivity index (χ0v) is 15.1. The zero-order chi connectivity index (χ0) is 18.0. The molecule has 0 unspecified atom stereocenters. The van der Waals surface area contributed by atoms with Crippen LogP contribution >= 0.6 is 11.3 Å². The molecule has 0 aliphatic heterocycles. The number of ether oxygens (including phenoxy) is 1. The third-order valence-electron chi connectivity index (χ3n) is 4.11. The Bertz CT molecular complexity index is 974. The van der Waals surface area contributed by atoms with E-state index in [1.165, 1.54) is 22.2 Å². The van der Waals surface area contributed by atoms with Gasteiger partial charge < -0.3 is 10.1 Å². The van der Waals surface area contributed by atoms with Crippen LogP contribution in [0.5, 0.6) is 5.75 Å². The van der Waals surface area contributed by atoms with Gasteiger partial charge >= 0.3 is 0 Å². The van der Waals surface area contributed by atoms with Crippen LogP contribution in [-0.2, 0) is 11.3 Å². The molecule has 6 nitrogen and oxygen atoms in total. The SMILES string of the molecule is COc1ccc(NC(=O)CCn2cnc3sc(C)c(C)c3c2=O)cc1. The van der Waals surface area contributed by atoms with E-state index in [2.05, 4.69) is 10.3 Å². The lowest BCUT2D eigenvalue weighted by molar-refractivity contribution is -0.116. The van der Waals surface area contributed by atoms with E-state index in [0.717, 1.165) is 21.0 Å². The summed E-state index contributed by atoms with van der Waals surface area (Å²) in [7, 11) is 1.59. The molecule has 7 heteroatoms. The summed E-state index contributed by atoms with van der Waals surface area (Å²) < 4.78 is 6.58. The Morgan fingerprint density at radius 3 is 2.68 bits per heavy atom. The van der Waals surface area contributed by atoms with Crippen molar-refractivity contribution in [3.63, 3.8) is 0 Å². The lowest BCUT2D eigenvalue weighted by Gasteiger charge is -2.08. The highest BCUT2D eigenvalue weighted by Crippen LogP contribution is 2.25. The molecule has 0 bridgehead atoms. The van der Waals surface area contributed by atoms with E-state index < -0.39 is 0 Å². The fraction of sp³-hybridized carbons (Fsp3) is 0.278. The highest BCUT2D eigenvalue weighted by Gasteiger charge is 2.12. The van der Waals surface area contributed by atoms with Crippen molar-refractivity contribution in [3.8, 4) is 5.75 Å². The molecular weight excluding hydrogens is 338 g/mol. The topological polar surface area (TPSA) is 73.2 Å². The summed E-state index contributed by atoms with van der Waals surface area (Å²) in [4.78, 5) is 30.9. The summed E-state index contributed by atoms with van der Waals surface area (Å²) in [6.45, 7) is 4.20. The molecule has 0 atom stereocenters. The van der Waals surface area contributed by atoms with E-state index in [1.54, 1.807) is 31.4 Å². The van der Waals surface area contributed by atoms with Gasteiger partial charge in [0.25, 0.3) is 5.56 Å². The standard InChI is InChI=1S/C18H19N3O3S/c1-11-12(2)25-17-16(11)18(23)21(10-19-17)9-8-15(22)20-13-4-6-14(24-3)7-5-13/h4-7,10H,8-9H2,1-3H3,(H,20,22). The molecule has 0 radical (unpaired) electrons. The first kappa shape index (κ1) is 17.2. The summed E-state index contributed by atoms with van der Waals surface area (Å²) >= 11 is 1.52. The van der Waals surface area contributed by atoms with Gasteiger partial charge in [-0.2, -0.15) is 0 Å². The Labute approximate surface area is 149 Å². The van der Waals surface area contributed by atoms with Crippen LogP contribution in [0.25, 0.3) is 10.2 Å². The summed E-state index contributed by atoms with van der Waals surface area (Å²) in [6, 6.07) is 7.10. The predicted molar refractivity (Wildman–Crippen MR) is 99.6 cm³/mol. The maximum Gasteiger partial charge on any atom is 0.262 e. The van der Waals surface area contributed by atoms with Crippen molar-refractivity contribution < 1.29 is 9.53 Å². The number of fused-ring (bicyclic) bond motifs is 1. The second-order valence-electron chi connectivity index (χ2n) is 5.73. The Hall–Kier alpha value is -2.67. The van der Waals surface area contributed by atoms with E-state index in [9.17, 15) is 9.59 Å². The highest BCUT2D eigenvalue weighted by atomic mass is 32.1. The maximum atomic E-state index is 12.6. The Morgan fingerprint density at radius 1 is 1.28 bits per heavy atom. The molecule has 130 valence electrons. The van der Waals surface area contributed by atoms with Crippen LogP contribution in [0.3, 0.4) is 0 Å². The molecule has 0 spiro atoms. The van der Waals surface area contributed by atoms with Crippen molar-refractivity contribution in [2.45, 2.75) is 26.8 Å². The van der Waals surface area contributed by atoms with E-state index in [0.29, 0.717) is 11.1 Å². The van der Waals surface area contributed by atoms with Gasteiger partial charge in [-0.3, -0.25) is 14.2 Å². The van der Waals surface area contributed by atoms with E-state index >= 15 is 0 Å². The first-order chi connectivity index (χ1) is 12.0. The molecule has 0 aliphatic rings. The van der Waals surface area contributed by atoms with Crippen molar-refractivity contribution in [3.05, 3.63) is 51.4 Å². The number of carbonyl (C=O) groups excluding carboxylic acids is 1. The normalized spacial score (nSPS) is 10.8. The van der Waals surface area contributed by atoms with E-state index in [4.69, 9.17) is 4.74 Å². The minimum Gasteiger partial charge on any atom is -0.497 e. The number of benzene rings is 1. The van der Waals surface area contributed by atoms with Gasteiger partial charge in [0.05, 0.1) is 18.8 Å². The summed E-state index contributed by atoms with van der Waals surface area (Å²) in [5.41, 5.74) is 1.56. The number of hydrogen-bond acceptors (Lipinski definition) is 5. The van der Waals surface area contributed by atoms with Gasteiger partial charge in [-0.05, 0) is 43.7 Å². The van der Waals surface area contributed by atoms with Crippen molar-refractivity contribution in [2.75, 3.05) is 12.4 Å². The van der Waals surface area contributed by atoms with Crippen LogP contribution in [0.2, 0.25) is 0 Å². The Morgan fingerprint density at radius 2 is 2.00 bits per heavy atom. The minimum atomic E-state index is -0.157. The average molecular weight is 357 g/mol. The number of amides is 1. The van der Waals surface area contributed by atoms with Gasteiger partial charge in [-0.1, -0.05) is 0 Å². The number of nitrogens with zero attached hydrogens (tertiary/aromatic N) is 2. The lowest BCUT2D eigenvalue weighted by atomic mass is 10.2. The van der Waals surface area contributed by atoms with Crippen molar-refractivity contribution in [1.82, 2.24) is 9.55 Å². The Balaban J connectivity index is 1.69. The second-order valence-corrected chi connectivity index (χ2v) is 6.94. The largest absolute Gasteiger partial charge is 0.497 e. The average Bonchev–Trinajstić information content (AvgIpc) is 2.90. The molecule has 0 fully saturated rings. The third-order valence-corrected chi connectivity index (χ3v) is 5.22. The fourth-order valence-corrected chi connectivity index (χ4v) is 3.54. The van der Waals surface area contributed by atoms with Gasteiger partial charge in [0.2, 0.25) is 5.91 Å². The molecule has 2 heterocycles.